The zero-order valence-electron chi connectivity index (χ0n) is 12.3. The average Bonchev–Trinajstić information content (AvgIpc) is 2.53. The number of fused-ring (bicyclic) bond motifs is 1. The summed E-state index contributed by atoms with van der Waals surface area (Å²) >= 11 is 0. The fourth-order valence-corrected chi connectivity index (χ4v) is 2.34. The van der Waals surface area contributed by atoms with Gasteiger partial charge in [-0.3, -0.25) is 0 Å². The largest absolute Gasteiger partial charge is 0.573 e. The molecule has 3 rings (SSSR count). The minimum absolute atomic E-state index is 0.121. The molecule has 2 N–H and O–H groups in total. The maximum Gasteiger partial charge on any atom is 0.573 e. The highest BCUT2D eigenvalue weighted by atomic mass is 19.4. The summed E-state index contributed by atoms with van der Waals surface area (Å²) in [5.74, 6) is -0.580. The molecule has 9 heteroatoms. The van der Waals surface area contributed by atoms with Gasteiger partial charge in [-0.25, -0.2) is 5.48 Å². The molecule has 0 spiro atoms. The number of anilines is 1. The molecule has 0 saturated heterocycles. The lowest BCUT2D eigenvalue weighted by Crippen LogP contribution is -2.41. The topological polar surface area (TPSA) is 60.0 Å². The van der Waals surface area contributed by atoms with E-state index in [1.807, 2.05) is 0 Å². The Morgan fingerprint density at radius 3 is 2.62 bits per heavy atom. The van der Waals surface area contributed by atoms with E-state index >= 15 is 0 Å². The van der Waals surface area contributed by atoms with E-state index in [2.05, 4.69) is 10.2 Å². The summed E-state index contributed by atoms with van der Waals surface area (Å²) in [6.07, 6.45) is -4.14. The Kier molecular flexibility index (Phi) is 4.54. The Labute approximate surface area is 136 Å². The van der Waals surface area contributed by atoms with Crippen LogP contribution in [0.5, 0.6) is 11.5 Å². The van der Waals surface area contributed by atoms with Crippen LogP contribution in [0.1, 0.15) is 5.56 Å². The SMILES string of the molecule is OB1OCCc2ccc(NOc3ccccc3OC(F)(F)F)cc21. The molecule has 0 saturated carbocycles. The van der Waals surface area contributed by atoms with Crippen molar-refractivity contribution in [3.8, 4) is 11.5 Å². The molecular weight excluding hydrogens is 326 g/mol. The van der Waals surface area contributed by atoms with Crippen molar-refractivity contribution in [3.05, 3.63) is 48.0 Å². The third-order valence-corrected chi connectivity index (χ3v) is 3.41. The van der Waals surface area contributed by atoms with Gasteiger partial charge in [-0.15, -0.1) is 13.2 Å². The van der Waals surface area contributed by atoms with E-state index in [1.54, 1.807) is 18.2 Å². The first-order valence-corrected chi connectivity index (χ1v) is 7.12. The zero-order chi connectivity index (χ0) is 17.2. The molecule has 0 bridgehead atoms. The number of hydrogen-bond donors (Lipinski definition) is 2. The summed E-state index contributed by atoms with van der Waals surface area (Å²) in [5.41, 5.74) is 4.54. The summed E-state index contributed by atoms with van der Waals surface area (Å²) < 4.78 is 46.2. The highest BCUT2D eigenvalue weighted by Gasteiger charge is 2.32. The number of nitrogens with one attached hydrogen (secondary N) is 1. The molecule has 0 unspecified atom stereocenters. The summed E-state index contributed by atoms with van der Waals surface area (Å²) in [6, 6.07) is 10.5. The Bertz CT molecular complexity index is 726. The molecule has 2 aromatic carbocycles. The van der Waals surface area contributed by atoms with Crippen molar-refractivity contribution in [1.29, 1.82) is 0 Å². The van der Waals surface area contributed by atoms with Crippen LogP contribution in [0.15, 0.2) is 42.5 Å². The summed E-state index contributed by atoms with van der Waals surface area (Å²) in [6.45, 7) is 0.430. The molecule has 1 aliphatic heterocycles. The second kappa shape index (κ2) is 6.62. The number of rotatable bonds is 4. The third kappa shape index (κ3) is 3.92. The van der Waals surface area contributed by atoms with E-state index < -0.39 is 19.2 Å². The van der Waals surface area contributed by atoms with Crippen LogP contribution in [-0.2, 0) is 11.1 Å². The van der Waals surface area contributed by atoms with Gasteiger partial charge < -0.3 is 19.3 Å². The van der Waals surface area contributed by atoms with E-state index in [0.29, 0.717) is 24.2 Å². The van der Waals surface area contributed by atoms with Crippen LogP contribution in [0.25, 0.3) is 0 Å². The smallest absolute Gasteiger partial charge is 0.423 e. The number of hydrogen-bond acceptors (Lipinski definition) is 5. The molecule has 0 fully saturated rings. The Morgan fingerprint density at radius 2 is 1.88 bits per heavy atom. The van der Waals surface area contributed by atoms with Crippen molar-refractivity contribution in [2.45, 2.75) is 12.8 Å². The number of alkyl halides is 3. The van der Waals surface area contributed by atoms with Gasteiger partial charge in [0.25, 0.3) is 0 Å². The van der Waals surface area contributed by atoms with Gasteiger partial charge in [-0.05, 0) is 41.7 Å². The molecule has 0 aromatic heterocycles. The number of ether oxygens (including phenoxy) is 1. The van der Waals surface area contributed by atoms with Gasteiger partial charge in [0.15, 0.2) is 11.5 Å². The molecular formula is C15H13BF3NO4. The Balaban J connectivity index is 1.74. The van der Waals surface area contributed by atoms with Crippen molar-refractivity contribution < 1.29 is 32.4 Å². The lowest BCUT2D eigenvalue weighted by atomic mass is 9.73. The van der Waals surface area contributed by atoms with E-state index in [4.69, 9.17) is 9.49 Å². The highest BCUT2D eigenvalue weighted by molar-refractivity contribution is 6.61. The maximum absolute atomic E-state index is 12.4. The summed E-state index contributed by atoms with van der Waals surface area (Å²) in [4.78, 5) is 5.20. The second-order valence-corrected chi connectivity index (χ2v) is 5.09. The van der Waals surface area contributed by atoms with Gasteiger partial charge in [-0.1, -0.05) is 18.2 Å². The molecule has 5 nitrogen and oxygen atoms in total. The van der Waals surface area contributed by atoms with Crippen LogP contribution in [0.4, 0.5) is 18.9 Å². The van der Waals surface area contributed by atoms with E-state index in [9.17, 15) is 18.2 Å². The quantitative estimate of drug-likeness (QED) is 0.661. The van der Waals surface area contributed by atoms with E-state index in [-0.39, 0.29) is 5.75 Å². The highest BCUT2D eigenvalue weighted by Crippen LogP contribution is 2.31. The first-order chi connectivity index (χ1) is 11.4. The van der Waals surface area contributed by atoms with E-state index in [0.717, 1.165) is 11.6 Å². The number of para-hydroxylation sites is 2. The first-order valence-electron chi connectivity index (χ1n) is 7.12. The zero-order valence-corrected chi connectivity index (χ0v) is 12.3. The average molecular weight is 339 g/mol. The Morgan fingerprint density at radius 1 is 1.12 bits per heavy atom. The van der Waals surface area contributed by atoms with Crippen LogP contribution in [0, 0.1) is 0 Å². The molecule has 0 radical (unpaired) electrons. The van der Waals surface area contributed by atoms with Gasteiger partial charge in [0.05, 0.1) is 5.69 Å². The first kappa shape index (κ1) is 16.5. The molecule has 2 aromatic rings. The van der Waals surface area contributed by atoms with E-state index in [1.165, 1.54) is 18.2 Å². The fourth-order valence-electron chi connectivity index (χ4n) is 2.34. The predicted octanol–water partition coefficient (Wildman–Crippen LogP) is 2.25. The minimum Gasteiger partial charge on any atom is -0.423 e. The van der Waals surface area contributed by atoms with Gasteiger partial charge in [0.1, 0.15) is 0 Å². The fraction of sp³-hybridized carbons (Fsp3) is 0.200. The van der Waals surface area contributed by atoms with Crippen LogP contribution in [0.2, 0.25) is 0 Å². The summed E-state index contributed by atoms with van der Waals surface area (Å²) in [7, 11) is -1.03. The van der Waals surface area contributed by atoms with Crippen molar-refractivity contribution >= 4 is 18.3 Å². The van der Waals surface area contributed by atoms with Crippen molar-refractivity contribution in [1.82, 2.24) is 0 Å². The molecule has 126 valence electrons. The predicted molar refractivity (Wildman–Crippen MR) is 81.1 cm³/mol. The van der Waals surface area contributed by atoms with Crippen LogP contribution >= 0.6 is 0 Å². The summed E-state index contributed by atoms with van der Waals surface area (Å²) in [5, 5.41) is 9.81. The minimum atomic E-state index is -4.81. The van der Waals surface area contributed by atoms with Crippen LogP contribution < -0.4 is 20.5 Å². The van der Waals surface area contributed by atoms with Gasteiger partial charge in [0.2, 0.25) is 0 Å². The van der Waals surface area contributed by atoms with Crippen molar-refractivity contribution in [2.24, 2.45) is 0 Å². The molecule has 1 aliphatic rings. The van der Waals surface area contributed by atoms with Gasteiger partial charge >= 0.3 is 13.5 Å². The number of benzene rings is 2. The van der Waals surface area contributed by atoms with Gasteiger partial charge in [-0.2, -0.15) is 0 Å². The van der Waals surface area contributed by atoms with Crippen molar-refractivity contribution in [2.75, 3.05) is 12.1 Å². The molecule has 0 atom stereocenters. The normalized spacial score (nSPS) is 14.1. The third-order valence-electron chi connectivity index (χ3n) is 3.41. The number of halogens is 3. The lowest BCUT2D eigenvalue weighted by Gasteiger charge is -2.20. The monoisotopic (exact) mass is 339 g/mol. The Hall–Kier alpha value is -2.39. The van der Waals surface area contributed by atoms with Crippen LogP contribution in [0.3, 0.4) is 0 Å². The molecule has 0 aliphatic carbocycles. The maximum atomic E-state index is 12.4. The second-order valence-electron chi connectivity index (χ2n) is 5.09. The lowest BCUT2D eigenvalue weighted by molar-refractivity contribution is -0.275. The van der Waals surface area contributed by atoms with Gasteiger partial charge in [0, 0.05) is 6.61 Å². The molecule has 1 heterocycles. The standard InChI is InChI=1S/C15H13BF3NO4/c17-15(18,19)23-13-3-1-2-4-14(13)24-20-11-6-5-10-7-8-22-16(21)12(10)9-11/h1-6,9,20-21H,7-8H2. The van der Waals surface area contributed by atoms with Crippen LogP contribution in [-0.4, -0.2) is 25.1 Å². The molecule has 24 heavy (non-hydrogen) atoms. The van der Waals surface area contributed by atoms with Crippen molar-refractivity contribution in [3.63, 3.8) is 0 Å². The molecule has 0 amide bonds.